The fourth-order valence-electron chi connectivity index (χ4n) is 1.80. The van der Waals surface area contributed by atoms with Crippen molar-refractivity contribution in [1.82, 2.24) is 24.8 Å². The molecule has 0 aliphatic carbocycles. The zero-order valence-corrected chi connectivity index (χ0v) is 12.5. The topological polar surface area (TPSA) is 92.7 Å². The van der Waals surface area contributed by atoms with Gasteiger partial charge in [0.1, 0.15) is 11.5 Å². The third kappa shape index (κ3) is 4.75. The van der Waals surface area contributed by atoms with Gasteiger partial charge in [0.05, 0.1) is 12.1 Å². The van der Waals surface area contributed by atoms with E-state index in [-0.39, 0.29) is 17.2 Å². The number of aromatic nitrogens is 4. The highest BCUT2D eigenvalue weighted by Crippen LogP contribution is 2.02. The van der Waals surface area contributed by atoms with Crippen LogP contribution in [0.25, 0.3) is 0 Å². The predicted octanol–water partition coefficient (Wildman–Crippen LogP) is 0.649. The number of hydrogen-bond acceptors (Lipinski definition) is 5. The highest BCUT2D eigenvalue weighted by molar-refractivity contribution is 7.97. The van der Waals surface area contributed by atoms with Crippen LogP contribution in [0.4, 0.5) is 0 Å². The van der Waals surface area contributed by atoms with E-state index >= 15 is 0 Å². The molecule has 7 nitrogen and oxygen atoms in total. The minimum Gasteiger partial charge on any atom is -0.351 e. The predicted molar refractivity (Wildman–Crippen MR) is 81.3 cm³/mol. The maximum absolute atomic E-state index is 12.0. The molecule has 2 heterocycles. The van der Waals surface area contributed by atoms with E-state index in [9.17, 15) is 9.59 Å². The first kappa shape index (κ1) is 15.3. The lowest BCUT2D eigenvalue weighted by molar-refractivity contribution is 0.0947. The van der Waals surface area contributed by atoms with Gasteiger partial charge in [-0.3, -0.25) is 9.59 Å². The van der Waals surface area contributed by atoms with Gasteiger partial charge in [0.15, 0.2) is 0 Å². The van der Waals surface area contributed by atoms with Crippen molar-refractivity contribution in [2.45, 2.75) is 18.7 Å². The second-order valence-electron chi connectivity index (χ2n) is 4.42. The van der Waals surface area contributed by atoms with Crippen LogP contribution in [-0.2, 0) is 12.3 Å². The highest BCUT2D eigenvalue weighted by Gasteiger charge is 2.09. The fourth-order valence-corrected chi connectivity index (χ4v) is 2.21. The standard InChI is InChI=1S/C13H17N5O2S/c1-21-8-11-16-10(7-12(19)17-11)13(20)15-3-2-5-18-6-4-14-9-18/h4,6-7,9H,2-3,5,8H2,1H3,(H,15,20)(H,16,17,19). The molecule has 0 radical (unpaired) electrons. The van der Waals surface area contributed by atoms with Gasteiger partial charge in [-0.15, -0.1) is 0 Å². The van der Waals surface area contributed by atoms with E-state index in [0.717, 1.165) is 13.0 Å². The average molecular weight is 307 g/mol. The molecular weight excluding hydrogens is 290 g/mol. The molecule has 1 amide bonds. The van der Waals surface area contributed by atoms with Gasteiger partial charge in [0.25, 0.3) is 11.5 Å². The molecule has 0 spiro atoms. The van der Waals surface area contributed by atoms with E-state index in [2.05, 4.69) is 20.3 Å². The Kier molecular flexibility index (Phi) is 5.56. The Morgan fingerprint density at radius 3 is 3.10 bits per heavy atom. The second kappa shape index (κ2) is 7.63. The summed E-state index contributed by atoms with van der Waals surface area (Å²) in [7, 11) is 0. The number of hydrogen-bond donors (Lipinski definition) is 2. The van der Waals surface area contributed by atoms with Crippen LogP contribution in [0.2, 0.25) is 0 Å². The van der Waals surface area contributed by atoms with E-state index in [1.165, 1.54) is 17.8 Å². The van der Waals surface area contributed by atoms with Crippen molar-refractivity contribution in [2.24, 2.45) is 0 Å². The molecule has 2 aromatic heterocycles. The molecule has 2 N–H and O–H groups in total. The summed E-state index contributed by atoms with van der Waals surface area (Å²) in [6.45, 7) is 1.30. The quantitative estimate of drug-likeness (QED) is 0.733. The lowest BCUT2D eigenvalue weighted by Gasteiger charge is -2.06. The van der Waals surface area contributed by atoms with Crippen molar-refractivity contribution in [2.75, 3.05) is 12.8 Å². The molecule has 0 saturated carbocycles. The number of rotatable bonds is 7. The Morgan fingerprint density at radius 1 is 1.52 bits per heavy atom. The van der Waals surface area contributed by atoms with E-state index < -0.39 is 0 Å². The summed E-state index contributed by atoms with van der Waals surface area (Å²) in [6.07, 6.45) is 8.00. The minimum absolute atomic E-state index is 0.158. The van der Waals surface area contributed by atoms with Crippen molar-refractivity contribution in [3.05, 3.63) is 46.7 Å². The lowest BCUT2D eigenvalue weighted by atomic mass is 10.3. The van der Waals surface area contributed by atoms with Crippen LogP contribution < -0.4 is 10.9 Å². The molecule has 0 aliphatic heterocycles. The van der Waals surface area contributed by atoms with Gasteiger partial charge in [-0.1, -0.05) is 0 Å². The lowest BCUT2D eigenvalue weighted by Crippen LogP contribution is -2.28. The number of aryl methyl sites for hydroxylation is 1. The second-order valence-corrected chi connectivity index (χ2v) is 5.29. The van der Waals surface area contributed by atoms with Crippen LogP contribution in [0, 0.1) is 0 Å². The monoisotopic (exact) mass is 307 g/mol. The molecule has 0 unspecified atom stereocenters. The highest BCUT2D eigenvalue weighted by atomic mass is 32.2. The Balaban J connectivity index is 1.86. The van der Waals surface area contributed by atoms with Gasteiger partial charge in [-0.25, -0.2) is 9.97 Å². The summed E-state index contributed by atoms with van der Waals surface area (Å²) in [6, 6.07) is 1.22. The van der Waals surface area contributed by atoms with Crippen molar-refractivity contribution in [1.29, 1.82) is 0 Å². The van der Waals surface area contributed by atoms with Crippen molar-refractivity contribution < 1.29 is 4.79 Å². The summed E-state index contributed by atoms with van der Waals surface area (Å²) in [5.41, 5.74) is -0.150. The summed E-state index contributed by atoms with van der Waals surface area (Å²) >= 11 is 1.53. The number of carbonyl (C=O) groups excluding carboxylic acids is 1. The Hall–Kier alpha value is -2.09. The van der Waals surface area contributed by atoms with E-state index in [1.807, 2.05) is 17.0 Å². The molecule has 112 valence electrons. The van der Waals surface area contributed by atoms with E-state index in [1.54, 1.807) is 12.5 Å². The van der Waals surface area contributed by atoms with E-state index in [0.29, 0.717) is 18.1 Å². The molecule has 0 fully saturated rings. The average Bonchev–Trinajstić information content (AvgIpc) is 2.96. The van der Waals surface area contributed by atoms with Gasteiger partial charge in [0.2, 0.25) is 0 Å². The molecule has 0 aliphatic rings. The molecule has 0 bridgehead atoms. The normalized spacial score (nSPS) is 10.5. The summed E-state index contributed by atoms with van der Waals surface area (Å²) in [4.78, 5) is 34.1. The summed E-state index contributed by atoms with van der Waals surface area (Å²) in [5.74, 6) is 0.754. The molecule has 0 atom stereocenters. The van der Waals surface area contributed by atoms with Gasteiger partial charge in [0, 0.05) is 31.5 Å². The summed E-state index contributed by atoms with van der Waals surface area (Å²) < 4.78 is 1.94. The van der Waals surface area contributed by atoms with Crippen molar-refractivity contribution in [3.8, 4) is 0 Å². The van der Waals surface area contributed by atoms with Crippen molar-refractivity contribution in [3.63, 3.8) is 0 Å². The van der Waals surface area contributed by atoms with Crippen LogP contribution in [-0.4, -0.2) is 38.2 Å². The molecular formula is C13H17N5O2S. The van der Waals surface area contributed by atoms with Gasteiger partial charge >= 0.3 is 0 Å². The number of nitrogens with zero attached hydrogens (tertiary/aromatic N) is 3. The van der Waals surface area contributed by atoms with Crippen LogP contribution in [0.15, 0.2) is 29.6 Å². The van der Waals surface area contributed by atoms with Crippen LogP contribution in [0.3, 0.4) is 0 Å². The third-order valence-corrected chi connectivity index (χ3v) is 3.30. The van der Waals surface area contributed by atoms with Gasteiger partial charge in [-0.2, -0.15) is 11.8 Å². The fraction of sp³-hybridized carbons (Fsp3) is 0.385. The molecule has 2 aromatic rings. The zero-order valence-electron chi connectivity index (χ0n) is 11.7. The Bertz CT molecular complexity index is 638. The maximum atomic E-state index is 12.0. The molecule has 0 aromatic carbocycles. The minimum atomic E-state index is -0.325. The van der Waals surface area contributed by atoms with Crippen LogP contribution in [0.5, 0.6) is 0 Å². The molecule has 8 heteroatoms. The number of carbonyl (C=O) groups is 1. The number of nitrogens with one attached hydrogen (secondary N) is 2. The SMILES string of the molecule is CSCc1nc(C(=O)NCCCn2ccnc2)cc(=O)[nH]1. The number of thioether (sulfide) groups is 1. The smallest absolute Gasteiger partial charge is 0.270 e. The number of aromatic amines is 1. The van der Waals surface area contributed by atoms with E-state index in [4.69, 9.17) is 0 Å². The number of H-pyrrole nitrogens is 1. The van der Waals surface area contributed by atoms with Crippen LogP contribution in [0.1, 0.15) is 22.7 Å². The number of imidazole rings is 1. The molecule has 21 heavy (non-hydrogen) atoms. The maximum Gasteiger partial charge on any atom is 0.270 e. The first-order valence-corrected chi connectivity index (χ1v) is 7.91. The first-order valence-electron chi connectivity index (χ1n) is 6.52. The van der Waals surface area contributed by atoms with Crippen LogP contribution >= 0.6 is 11.8 Å². The Labute approximate surface area is 126 Å². The molecule has 0 saturated heterocycles. The Morgan fingerprint density at radius 2 is 2.38 bits per heavy atom. The van der Waals surface area contributed by atoms with Gasteiger partial charge < -0.3 is 14.9 Å². The largest absolute Gasteiger partial charge is 0.351 e. The van der Waals surface area contributed by atoms with Crippen molar-refractivity contribution >= 4 is 17.7 Å². The summed E-state index contributed by atoms with van der Waals surface area (Å²) in [5, 5.41) is 2.76. The molecule has 2 rings (SSSR count). The third-order valence-electron chi connectivity index (χ3n) is 2.74. The first-order chi connectivity index (χ1) is 10.2. The number of amides is 1. The zero-order chi connectivity index (χ0) is 15.1. The van der Waals surface area contributed by atoms with Gasteiger partial charge in [-0.05, 0) is 12.7 Å².